The van der Waals surface area contributed by atoms with Crippen molar-refractivity contribution in [1.29, 1.82) is 0 Å². The maximum atomic E-state index is 5.34. The van der Waals surface area contributed by atoms with Crippen LogP contribution in [-0.4, -0.2) is 16.5 Å². The highest BCUT2D eigenvalue weighted by molar-refractivity contribution is 9.10. The van der Waals surface area contributed by atoms with Gasteiger partial charge in [0.1, 0.15) is 17.1 Å². The molecule has 0 atom stereocenters. The number of nitrogens with zero attached hydrogens (tertiary/aromatic N) is 2. The second kappa shape index (κ2) is 5.05. The van der Waals surface area contributed by atoms with Crippen LogP contribution in [0.25, 0.3) is 5.52 Å². The summed E-state index contributed by atoms with van der Waals surface area (Å²) in [6.07, 6.45) is 4.64. The van der Waals surface area contributed by atoms with Crippen LogP contribution in [0, 0.1) is 0 Å². The molecule has 0 unspecified atom stereocenters. The number of benzene rings is 1. The lowest BCUT2D eigenvalue weighted by Crippen LogP contribution is -1.97. The van der Waals surface area contributed by atoms with Gasteiger partial charge in [-0.3, -0.25) is 0 Å². The molecule has 0 bridgehead atoms. The lowest BCUT2D eigenvalue weighted by molar-refractivity contribution is 0.418. The van der Waals surface area contributed by atoms with E-state index in [4.69, 9.17) is 4.74 Å². The summed E-state index contributed by atoms with van der Waals surface area (Å²) in [7, 11) is 1.68. The molecule has 3 aromatic rings. The van der Waals surface area contributed by atoms with E-state index in [0.29, 0.717) is 0 Å². The molecular formula is C15H13BrN2O. The Balaban J connectivity index is 2.05. The number of halogens is 1. The summed E-state index contributed by atoms with van der Waals surface area (Å²) in [4.78, 5) is 4.50. The molecule has 1 aromatic carbocycles. The number of hydrogen-bond acceptors (Lipinski definition) is 2. The SMILES string of the molecule is COc1cccn2c(Cc3ccccc3Br)ncc12. The predicted octanol–water partition coefficient (Wildman–Crippen LogP) is 3.70. The number of aromatic nitrogens is 2. The molecule has 0 fully saturated rings. The summed E-state index contributed by atoms with van der Waals surface area (Å²) >= 11 is 3.57. The third-order valence-electron chi connectivity index (χ3n) is 3.13. The van der Waals surface area contributed by atoms with Crippen molar-refractivity contribution in [2.75, 3.05) is 7.11 Å². The molecule has 0 N–H and O–H groups in total. The molecule has 2 aromatic heterocycles. The zero-order valence-corrected chi connectivity index (χ0v) is 12.1. The number of ether oxygens (including phenoxy) is 1. The minimum absolute atomic E-state index is 0.781. The Bertz CT molecular complexity index is 721. The van der Waals surface area contributed by atoms with Crippen molar-refractivity contribution in [1.82, 2.24) is 9.38 Å². The van der Waals surface area contributed by atoms with E-state index in [0.717, 1.165) is 28.0 Å². The monoisotopic (exact) mass is 316 g/mol. The lowest BCUT2D eigenvalue weighted by atomic mass is 10.1. The molecule has 4 heteroatoms. The third-order valence-corrected chi connectivity index (χ3v) is 3.91. The highest BCUT2D eigenvalue weighted by Gasteiger charge is 2.09. The molecule has 0 amide bonds. The summed E-state index contributed by atoms with van der Waals surface area (Å²) in [5, 5.41) is 0. The van der Waals surface area contributed by atoms with Crippen LogP contribution in [-0.2, 0) is 6.42 Å². The van der Waals surface area contributed by atoms with Crippen molar-refractivity contribution in [2.45, 2.75) is 6.42 Å². The van der Waals surface area contributed by atoms with Gasteiger partial charge in [0.2, 0.25) is 0 Å². The maximum Gasteiger partial charge on any atom is 0.144 e. The Morgan fingerprint density at radius 1 is 1.21 bits per heavy atom. The normalized spacial score (nSPS) is 10.8. The van der Waals surface area contributed by atoms with Crippen LogP contribution in [0.5, 0.6) is 5.75 Å². The minimum Gasteiger partial charge on any atom is -0.494 e. The Labute approximate surface area is 120 Å². The van der Waals surface area contributed by atoms with Gasteiger partial charge in [0.05, 0.1) is 13.3 Å². The molecule has 96 valence electrons. The number of fused-ring (bicyclic) bond motifs is 1. The Kier molecular flexibility index (Phi) is 3.25. The van der Waals surface area contributed by atoms with Crippen molar-refractivity contribution >= 4 is 21.4 Å². The van der Waals surface area contributed by atoms with Crippen LogP contribution in [0.3, 0.4) is 0 Å². The van der Waals surface area contributed by atoms with E-state index >= 15 is 0 Å². The van der Waals surface area contributed by atoms with Crippen molar-refractivity contribution in [2.24, 2.45) is 0 Å². The summed E-state index contributed by atoms with van der Waals surface area (Å²) in [6, 6.07) is 12.1. The second-order valence-corrected chi connectivity index (χ2v) is 5.13. The van der Waals surface area contributed by atoms with Crippen LogP contribution in [0.4, 0.5) is 0 Å². The minimum atomic E-state index is 0.781. The molecule has 0 aliphatic heterocycles. The fourth-order valence-electron chi connectivity index (χ4n) is 2.17. The predicted molar refractivity (Wildman–Crippen MR) is 78.7 cm³/mol. The smallest absolute Gasteiger partial charge is 0.144 e. The summed E-state index contributed by atoms with van der Waals surface area (Å²) in [6.45, 7) is 0. The number of imidazole rings is 1. The Morgan fingerprint density at radius 3 is 2.84 bits per heavy atom. The summed E-state index contributed by atoms with van der Waals surface area (Å²) in [5.41, 5.74) is 2.21. The lowest BCUT2D eigenvalue weighted by Gasteiger charge is -2.06. The quantitative estimate of drug-likeness (QED) is 0.736. The average Bonchev–Trinajstić information content (AvgIpc) is 2.84. The summed E-state index contributed by atoms with van der Waals surface area (Å²) in [5.74, 6) is 1.84. The molecule has 0 aliphatic rings. The Morgan fingerprint density at radius 2 is 2.05 bits per heavy atom. The number of pyridine rings is 1. The van der Waals surface area contributed by atoms with Crippen LogP contribution in [0.15, 0.2) is 53.3 Å². The highest BCUT2D eigenvalue weighted by atomic mass is 79.9. The van der Waals surface area contributed by atoms with Crippen LogP contribution < -0.4 is 4.74 Å². The van der Waals surface area contributed by atoms with Gasteiger partial charge < -0.3 is 9.14 Å². The average molecular weight is 317 g/mol. The molecule has 0 aliphatic carbocycles. The molecule has 0 radical (unpaired) electrons. The van der Waals surface area contributed by atoms with Gasteiger partial charge in [-0.15, -0.1) is 0 Å². The van der Waals surface area contributed by atoms with Crippen molar-refractivity contribution in [3.63, 3.8) is 0 Å². The van der Waals surface area contributed by atoms with Gasteiger partial charge in [-0.25, -0.2) is 4.98 Å². The molecule has 2 heterocycles. The molecule has 3 nitrogen and oxygen atoms in total. The zero-order chi connectivity index (χ0) is 13.2. The van der Waals surface area contributed by atoms with Crippen molar-refractivity contribution in [3.8, 4) is 5.75 Å². The first-order chi connectivity index (χ1) is 9.29. The van der Waals surface area contributed by atoms with Crippen LogP contribution >= 0.6 is 15.9 Å². The van der Waals surface area contributed by atoms with E-state index in [2.05, 4.69) is 31.4 Å². The van der Waals surface area contributed by atoms with Crippen molar-refractivity contribution in [3.05, 3.63) is 64.7 Å². The maximum absolute atomic E-state index is 5.34. The van der Waals surface area contributed by atoms with Crippen LogP contribution in [0.1, 0.15) is 11.4 Å². The number of hydrogen-bond donors (Lipinski definition) is 0. The van der Waals surface area contributed by atoms with Gasteiger partial charge in [0.15, 0.2) is 0 Å². The van der Waals surface area contributed by atoms with E-state index in [1.54, 1.807) is 7.11 Å². The molecule has 0 saturated carbocycles. The first-order valence-electron chi connectivity index (χ1n) is 6.02. The van der Waals surface area contributed by atoms with Gasteiger partial charge in [-0.1, -0.05) is 34.1 Å². The Hall–Kier alpha value is -1.81. The van der Waals surface area contributed by atoms with E-state index in [9.17, 15) is 0 Å². The second-order valence-electron chi connectivity index (χ2n) is 4.27. The molecule has 0 saturated heterocycles. The molecule has 3 rings (SSSR count). The number of rotatable bonds is 3. The standard InChI is InChI=1S/C15H13BrN2O/c1-19-14-7-4-8-18-13(14)10-17-15(18)9-11-5-2-3-6-12(11)16/h2-8,10H,9H2,1H3. The third kappa shape index (κ3) is 2.24. The zero-order valence-electron chi connectivity index (χ0n) is 10.5. The molecular weight excluding hydrogens is 304 g/mol. The topological polar surface area (TPSA) is 26.5 Å². The fourth-order valence-corrected chi connectivity index (χ4v) is 2.59. The van der Waals surface area contributed by atoms with Gasteiger partial charge in [-0.2, -0.15) is 0 Å². The van der Waals surface area contributed by atoms with Gasteiger partial charge in [0.25, 0.3) is 0 Å². The first-order valence-corrected chi connectivity index (χ1v) is 6.81. The van der Waals surface area contributed by atoms with E-state index < -0.39 is 0 Å². The van der Waals surface area contributed by atoms with Gasteiger partial charge >= 0.3 is 0 Å². The van der Waals surface area contributed by atoms with Crippen LogP contribution in [0.2, 0.25) is 0 Å². The fraction of sp³-hybridized carbons (Fsp3) is 0.133. The largest absolute Gasteiger partial charge is 0.494 e. The van der Waals surface area contributed by atoms with E-state index in [-0.39, 0.29) is 0 Å². The van der Waals surface area contributed by atoms with Crippen molar-refractivity contribution < 1.29 is 4.74 Å². The van der Waals surface area contributed by atoms with Gasteiger partial charge in [0, 0.05) is 17.1 Å². The molecule has 0 spiro atoms. The van der Waals surface area contributed by atoms with Gasteiger partial charge in [-0.05, 0) is 23.8 Å². The van der Waals surface area contributed by atoms with E-state index in [1.165, 1.54) is 5.56 Å². The first kappa shape index (κ1) is 12.2. The summed E-state index contributed by atoms with van der Waals surface area (Å²) < 4.78 is 8.52. The number of methoxy groups -OCH3 is 1. The highest BCUT2D eigenvalue weighted by Crippen LogP contribution is 2.23. The molecule has 19 heavy (non-hydrogen) atoms. The van der Waals surface area contributed by atoms with E-state index in [1.807, 2.05) is 42.7 Å².